The molecule has 0 spiro atoms. The third kappa shape index (κ3) is 5.71. The van der Waals surface area contributed by atoms with Crippen molar-refractivity contribution in [2.45, 2.75) is 35.3 Å². The molecule has 1 aromatic carbocycles. The van der Waals surface area contributed by atoms with Crippen LogP contribution >= 0.6 is 23.1 Å². The Hall–Kier alpha value is -2.57. The fraction of sp³-hybridized carbons (Fsp3) is 0.235. The van der Waals surface area contributed by atoms with E-state index in [1.54, 1.807) is 19.9 Å². The molecule has 2 aromatic heterocycles. The van der Waals surface area contributed by atoms with Gasteiger partial charge in [-0.15, -0.1) is 10.2 Å². The molecule has 1 unspecified atom stereocenters. The molecule has 0 aliphatic heterocycles. The van der Waals surface area contributed by atoms with Crippen LogP contribution in [0.4, 0.5) is 11.6 Å². The zero-order valence-corrected chi connectivity index (χ0v) is 18.2. The fourth-order valence-electron chi connectivity index (χ4n) is 2.17. The Morgan fingerprint density at radius 3 is 2.48 bits per heavy atom. The minimum Gasteiger partial charge on any atom is -0.325 e. The quantitative estimate of drug-likeness (QED) is 0.526. The summed E-state index contributed by atoms with van der Waals surface area (Å²) in [6.45, 7) is 5.35. The molecule has 2 heterocycles. The second-order valence-electron chi connectivity index (χ2n) is 5.99. The maximum atomic E-state index is 12.5. The summed E-state index contributed by atoms with van der Waals surface area (Å²) in [5.74, 6) is -0.218. The summed E-state index contributed by atoms with van der Waals surface area (Å²) in [4.78, 5) is 20.3. The van der Waals surface area contributed by atoms with E-state index in [-0.39, 0.29) is 22.0 Å². The van der Waals surface area contributed by atoms with Crippen molar-refractivity contribution in [3.8, 4) is 0 Å². The molecule has 0 saturated carbocycles. The Bertz CT molecular complexity index is 1120. The summed E-state index contributed by atoms with van der Waals surface area (Å²) in [6, 6.07) is 7.52. The molecular formula is C17H18N6O3S3. The summed E-state index contributed by atoms with van der Waals surface area (Å²) in [7, 11) is -3.84. The molecule has 29 heavy (non-hydrogen) atoms. The first-order valence-electron chi connectivity index (χ1n) is 8.43. The Morgan fingerprint density at radius 1 is 1.14 bits per heavy atom. The van der Waals surface area contributed by atoms with Crippen molar-refractivity contribution in [3.63, 3.8) is 0 Å². The lowest BCUT2D eigenvalue weighted by Gasteiger charge is -2.11. The van der Waals surface area contributed by atoms with Crippen LogP contribution in [-0.2, 0) is 14.8 Å². The van der Waals surface area contributed by atoms with E-state index < -0.39 is 10.0 Å². The number of aromatic nitrogens is 4. The summed E-state index contributed by atoms with van der Waals surface area (Å²) in [5.41, 5.74) is 1.13. The summed E-state index contributed by atoms with van der Waals surface area (Å²) >= 11 is 2.74. The van der Waals surface area contributed by atoms with E-state index in [2.05, 4.69) is 30.2 Å². The monoisotopic (exact) mass is 450 g/mol. The van der Waals surface area contributed by atoms with E-state index >= 15 is 0 Å². The number of amides is 1. The number of nitrogens with one attached hydrogen (secondary N) is 2. The minimum atomic E-state index is -3.84. The van der Waals surface area contributed by atoms with Gasteiger partial charge in [0.2, 0.25) is 11.9 Å². The van der Waals surface area contributed by atoms with Gasteiger partial charge in [0, 0.05) is 17.6 Å². The van der Waals surface area contributed by atoms with E-state index in [9.17, 15) is 13.2 Å². The average molecular weight is 451 g/mol. The second kappa shape index (κ2) is 8.84. The lowest BCUT2D eigenvalue weighted by molar-refractivity contribution is -0.115. The van der Waals surface area contributed by atoms with Crippen molar-refractivity contribution in [1.82, 2.24) is 20.2 Å². The molecule has 0 saturated heterocycles. The molecule has 3 rings (SSSR count). The lowest BCUT2D eigenvalue weighted by atomic mass is 10.3. The maximum absolute atomic E-state index is 12.5. The molecule has 0 fully saturated rings. The van der Waals surface area contributed by atoms with Gasteiger partial charge in [-0.2, -0.15) is 0 Å². The number of sulfonamides is 1. The second-order valence-corrected chi connectivity index (χ2v) is 10.4. The number of thioether (sulfide) groups is 1. The predicted molar refractivity (Wildman–Crippen MR) is 113 cm³/mol. The van der Waals surface area contributed by atoms with Gasteiger partial charge in [0.15, 0.2) is 4.34 Å². The largest absolute Gasteiger partial charge is 0.325 e. The van der Waals surface area contributed by atoms with Crippen LogP contribution in [0.5, 0.6) is 0 Å². The standard InChI is InChI=1S/C17H18N6O3S3/c1-10-8-9-18-16(19-10)23-29(25,26)14-6-4-13(5-7-14)20-15(24)11(2)27-17-22-21-12(3)28-17/h4-9,11H,1-3H3,(H,20,24)(H,18,19,23). The Kier molecular flexibility index (Phi) is 6.45. The summed E-state index contributed by atoms with van der Waals surface area (Å²) in [6.07, 6.45) is 1.47. The molecule has 0 aliphatic carbocycles. The van der Waals surface area contributed by atoms with Crippen molar-refractivity contribution >= 4 is 50.7 Å². The van der Waals surface area contributed by atoms with Gasteiger partial charge < -0.3 is 5.32 Å². The maximum Gasteiger partial charge on any atom is 0.264 e. The van der Waals surface area contributed by atoms with E-state index in [0.717, 1.165) is 9.35 Å². The van der Waals surface area contributed by atoms with Gasteiger partial charge in [0.05, 0.1) is 10.1 Å². The molecule has 9 nitrogen and oxygen atoms in total. The number of aryl methyl sites for hydroxylation is 2. The van der Waals surface area contributed by atoms with E-state index in [4.69, 9.17) is 0 Å². The van der Waals surface area contributed by atoms with Gasteiger partial charge in [-0.3, -0.25) is 4.79 Å². The molecule has 2 N–H and O–H groups in total. The first kappa shape index (κ1) is 21.1. The number of carbonyl (C=O) groups is 1. The molecular weight excluding hydrogens is 432 g/mol. The summed E-state index contributed by atoms with van der Waals surface area (Å²) < 4.78 is 28.0. The molecule has 152 valence electrons. The first-order valence-corrected chi connectivity index (χ1v) is 11.6. The number of anilines is 2. The van der Waals surface area contributed by atoms with Crippen molar-refractivity contribution in [2.24, 2.45) is 0 Å². The van der Waals surface area contributed by atoms with Crippen molar-refractivity contribution in [2.75, 3.05) is 10.0 Å². The smallest absolute Gasteiger partial charge is 0.264 e. The van der Waals surface area contributed by atoms with Gasteiger partial charge in [0.1, 0.15) is 5.01 Å². The third-order valence-electron chi connectivity index (χ3n) is 3.61. The van der Waals surface area contributed by atoms with Gasteiger partial charge in [-0.1, -0.05) is 23.1 Å². The van der Waals surface area contributed by atoms with E-state index in [1.807, 2.05) is 6.92 Å². The highest BCUT2D eigenvalue weighted by Gasteiger charge is 2.18. The average Bonchev–Trinajstić information content (AvgIpc) is 3.06. The van der Waals surface area contributed by atoms with Crippen LogP contribution in [0.15, 0.2) is 45.8 Å². The van der Waals surface area contributed by atoms with E-state index in [1.165, 1.54) is 53.6 Å². The van der Waals surface area contributed by atoms with Crippen LogP contribution in [0.3, 0.4) is 0 Å². The van der Waals surface area contributed by atoms with Crippen LogP contribution in [0.2, 0.25) is 0 Å². The Labute approximate surface area is 176 Å². The van der Waals surface area contributed by atoms with Crippen LogP contribution in [0.1, 0.15) is 17.6 Å². The van der Waals surface area contributed by atoms with E-state index in [0.29, 0.717) is 11.4 Å². The van der Waals surface area contributed by atoms with Crippen LogP contribution in [-0.4, -0.2) is 39.7 Å². The fourth-order valence-corrected chi connectivity index (χ4v) is 5.08. The van der Waals surface area contributed by atoms with Crippen LogP contribution < -0.4 is 10.0 Å². The van der Waals surface area contributed by atoms with Gasteiger partial charge in [0.25, 0.3) is 10.0 Å². The zero-order valence-electron chi connectivity index (χ0n) is 15.8. The molecule has 1 amide bonds. The highest BCUT2D eigenvalue weighted by atomic mass is 32.2. The topological polar surface area (TPSA) is 127 Å². The number of benzene rings is 1. The zero-order chi connectivity index (χ0) is 21.0. The minimum absolute atomic E-state index is 0.000131. The number of carbonyl (C=O) groups excluding carboxylic acids is 1. The third-order valence-corrected chi connectivity index (χ3v) is 6.97. The SMILES string of the molecule is Cc1ccnc(NS(=O)(=O)c2ccc(NC(=O)C(C)Sc3nnc(C)s3)cc2)n1. The Balaban J connectivity index is 1.63. The van der Waals surface area contributed by atoms with Gasteiger partial charge in [-0.25, -0.2) is 23.1 Å². The molecule has 12 heteroatoms. The molecule has 0 aliphatic rings. The molecule has 0 bridgehead atoms. The lowest BCUT2D eigenvalue weighted by Crippen LogP contribution is -2.22. The van der Waals surface area contributed by atoms with Crippen molar-refractivity contribution in [1.29, 1.82) is 0 Å². The number of rotatable bonds is 7. The van der Waals surface area contributed by atoms with Crippen LogP contribution in [0, 0.1) is 13.8 Å². The van der Waals surface area contributed by atoms with Crippen molar-refractivity contribution in [3.05, 3.63) is 47.2 Å². The van der Waals surface area contributed by atoms with Gasteiger partial charge >= 0.3 is 0 Å². The highest BCUT2D eigenvalue weighted by Crippen LogP contribution is 2.27. The first-order chi connectivity index (χ1) is 13.7. The molecule has 3 aromatic rings. The number of nitrogens with zero attached hydrogens (tertiary/aromatic N) is 4. The molecule has 1 atom stereocenters. The highest BCUT2D eigenvalue weighted by molar-refractivity contribution is 8.02. The van der Waals surface area contributed by atoms with Crippen LogP contribution in [0.25, 0.3) is 0 Å². The molecule has 0 radical (unpaired) electrons. The predicted octanol–water partition coefficient (Wildman–Crippen LogP) is 2.87. The number of hydrogen-bond acceptors (Lipinski definition) is 9. The normalized spacial score (nSPS) is 12.4. The Morgan fingerprint density at radius 2 is 1.86 bits per heavy atom. The van der Waals surface area contributed by atoms with Crippen molar-refractivity contribution < 1.29 is 13.2 Å². The van der Waals surface area contributed by atoms with Gasteiger partial charge in [-0.05, 0) is 51.1 Å². The summed E-state index contributed by atoms with van der Waals surface area (Å²) in [5, 5.41) is 11.1. The number of hydrogen-bond donors (Lipinski definition) is 2.